The summed E-state index contributed by atoms with van der Waals surface area (Å²) in [5.74, 6) is 1.40. The van der Waals surface area contributed by atoms with Crippen LogP contribution in [0.2, 0.25) is 0 Å². The van der Waals surface area contributed by atoms with Gasteiger partial charge in [0.25, 0.3) is 5.91 Å². The van der Waals surface area contributed by atoms with Crippen molar-refractivity contribution in [1.29, 1.82) is 0 Å². The van der Waals surface area contributed by atoms with Gasteiger partial charge in [-0.05, 0) is 24.1 Å². The number of carbonyl (C=O) groups is 1. The van der Waals surface area contributed by atoms with Crippen LogP contribution in [0.1, 0.15) is 23.7 Å². The summed E-state index contributed by atoms with van der Waals surface area (Å²) in [5.41, 5.74) is 1.27. The first-order valence-corrected chi connectivity index (χ1v) is 8.99. The number of morpholine rings is 1. The van der Waals surface area contributed by atoms with Crippen LogP contribution >= 0.6 is 0 Å². The normalized spacial score (nSPS) is 24.6. The molecule has 1 aromatic heterocycles. The van der Waals surface area contributed by atoms with Crippen molar-refractivity contribution in [3.05, 3.63) is 60.1 Å². The van der Waals surface area contributed by atoms with Crippen molar-refractivity contribution in [3.8, 4) is 0 Å². The second kappa shape index (κ2) is 7.42. The Morgan fingerprint density at radius 3 is 2.76 bits per heavy atom. The molecule has 2 aliphatic rings. The van der Waals surface area contributed by atoms with E-state index in [4.69, 9.17) is 9.15 Å². The number of amides is 1. The molecule has 0 N–H and O–H groups in total. The smallest absolute Gasteiger partial charge is 0.253 e. The molecule has 2 saturated heterocycles. The molecule has 2 atom stereocenters. The number of hydrogen-bond acceptors (Lipinski definition) is 4. The summed E-state index contributed by atoms with van der Waals surface area (Å²) in [4.78, 5) is 17.1. The molecule has 5 nitrogen and oxygen atoms in total. The molecular formula is C20H24N2O3. The van der Waals surface area contributed by atoms with Crippen molar-refractivity contribution in [3.63, 3.8) is 0 Å². The Morgan fingerprint density at radius 1 is 1.08 bits per heavy atom. The largest absolute Gasteiger partial charge is 0.469 e. The second-order valence-corrected chi connectivity index (χ2v) is 6.87. The maximum absolute atomic E-state index is 12.9. The highest BCUT2D eigenvalue weighted by molar-refractivity contribution is 5.81. The van der Waals surface area contributed by atoms with Gasteiger partial charge in [-0.1, -0.05) is 30.3 Å². The summed E-state index contributed by atoms with van der Waals surface area (Å²) in [5, 5.41) is 0. The van der Waals surface area contributed by atoms with Crippen LogP contribution in [0.5, 0.6) is 0 Å². The molecule has 0 aliphatic carbocycles. The zero-order chi connectivity index (χ0) is 17.1. The Balaban J connectivity index is 1.34. The molecule has 3 heterocycles. The molecule has 2 aromatic rings. The van der Waals surface area contributed by atoms with Crippen molar-refractivity contribution in [1.82, 2.24) is 9.80 Å². The Morgan fingerprint density at radius 2 is 1.96 bits per heavy atom. The molecule has 0 radical (unpaired) electrons. The number of benzene rings is 1. The van der Waals surface area contributed by atoms with Crippen molar-refractivity contribution in [2.45, 2.75) is 25.0 Å². The molecular weight excluding hydrogens is 316 g/mol. The predicted octanol–water partition coefficient (Wildman–Crippen LogP) is 2.50. The average molecular weight is 340 g/mol. The van der Waals surface area contributed by atoms with Crippen molar-refractivity contribution < 1.29 is 13.9 Å². The molecule has 0 unspecified atom stereocenters. The third kappa shape index (κ3) is 3.78. The zero-order valence-electron chi connectivity index (χ0n) is 14.3. The van der Waals surface area contributed by atoms with Gasteiger partial charge >= 0.3 is 0 Å². The van der Waals surface area contributed by atoms with E-state index in [0.717, 1.165) is 38.4 Å². The van der Waals surface area contributed by atoms with E-state index in [1.807, 2.05) is 23.1 Å². The lowest BCUT2D eigenvalue weighted by Crippen LogP contribution is -2.50. The minimum absolute atomic E-state index is 0.117. The van der Waals surface area contributed by atoms with Crippen LogP contribution < -0.4 is 0 Å². The summed E-state index contributed by atoms with van der Waals surface area (Å²) in [6, 6.07) is 14.3. The van der Waals surface area contributed by atoms with Gasteiger partial charge in [-0.2, -0.15) is 0 Å². The Labute approximate surface area is 148 Å². The Kier molecular flexibility index (Phi) is 4.85. The molecule has 25 heavy (non-hydrogen) atoms. The van der Waals surface area contributed by atoms with Crippen LogP contribution in [0.4, 0.5) is 0 Å². The number of furan rings is 1. The van der Waals surface area contributed by atoms with E-state index in [1.165, 1.54) is 5.56 Å². The van der Waals surface area contributed by atoms with Gasteiger partial charge < -0.3 is 14.1 Å². The van der Waals surface area contributed by atoms with Gasteiger partial charge in [0.15, 0.2) is 0 Å². The van der Waals surface area contributed by atoms with E-state index in [1.54, 1.807) is 6.26 Å². The summed E-state index contributed by atoms with van der Waals surface area (Å²) in [6.07, 6.45) is 2.30. The number of carbonyl (C=O) groups excluding carboxylic acids is 1. The van der Waals surface area contributed by atoms with Crippen LogP contribution in [-0.4, -0.2) is 54.6 Å². The fourth-order valence-electron chi connectivity index (χ4n) is 3.76. The fourth-order valence-corrected chi connectivity index (χ4v) is 3.76. The maximum Gasteiger partial charge on any atom is 0.253 e. The Hall–Kier alpha value is -2.11. The van der Waals surface area contributed by atoms with Crippen LogP contribution in [-0.2, 0) is 16.1 Å². The molecule has 0 saturated carbocycles. The number of hydrogen-bond donors (Lipinski definition) is 0. The number of nitrogens with zero attached hydrogens (tertiary/aromatic N) is 2. The highest BCUT2D eigenvalue weighted by atomic mass is 16.5. The van der Waals surface area contributed by atoms with Gasteiger partial charge in [-0.25, -0.2) is 0 Å². The van der Waals surface area contributed by atoms with E-state index in [2.05, 4.69) is 29.2 Å². The molecule has 1 aromatic carbocycles. The maximum atomic E-state index is 12.9. The third-order valence-corrected chi connectivity index (χ3v) is 5.12. The molecule has 2 aliphatic heterocycles. The second-order valence-electron chi connectivity index (χ2n) is 6.87. The fraction of sp³-hybridized carbons (Fsp3) is 0.450. The summed E-state index contributed by atoms with van der Waals surface area (Å²) in [6.45, 7) is 4.51. The van der Waals surface area contributed by atoms with E-state index in [-0.39, 0.29) is 12.0 Å². The van der Waals surface area contributed by atoms with E-state index < -0.39 is 0 Å². The van der Waals surface area contributed by atoms with Gasteiger partial charge in [0, 0.05) is 38.6 Å². The van der Waals surface area contributed by atoms with E-state index in [9.17, 15) is 4.79 Å². The molecule has 4 rings (SSSR count). The Bertz CT molecular complexity index is 686. The molecule has 5 heteroatoms. The van der Waals surface area contributed by atoms with Gasteiger partial charge in [0.2, 0.25) is 0 Å². The molecule has 0 spiro atoms. The van der Waals surface area contributed by atoms with Crippen LogP contribution in [0, 0.1) is 0 Å². The molecule has 1 amide bonds. The van der Waals surface area contributed by atoms with Crippen LogP contribution in [0.25, 0.3) is 0 Å². The standard InChI is InChI=1S/C20H24N2O3/c23-20(22-9-8-17(14-22)18-7-4-11-24-18)19-15-21(10-12-25-19)13-16-5-2-1-3-6-16/h1-7,11,17,19H,8-10,12-15H2/t17-,19+/m1/s1. The van der Waals surface area contributed by atoms with Crippen molar-refractivity contribution in [2.75, 3.05) is 32.8 Å². The highest BCUT2D eigenvalue weighted by Gasteiger charge is 2.35. The number of likely N-dealkylation sites (tertiary alicyclic amines) is 1. The van der Waals surface area contributed by atoms with Crippen LogP contribution in [0.3, 0.4) is 0 Å². The lowest BCUT2D eigenvalue weighted by molar-refractivity contribution is -0.148. The topological polar surface area (TPSA) is 45.9 Å². The monoisotopic (exact) mass is 340 g/mol. The highest BCUT2D eigenvalue weighted by Crippen LogP contribution is 2.28. The summed E-state index contributed by atoms with van der Waals surface area (Å²) < 4.78 is 11.3. The predicted molar refractivity (Wildman–Crippen MR) is 94.1 cm³/mol. The number of rotatable bonds is 4. The molecule has 2 fully saturated rings. The third-order valence-electron chi connectivity index (χ3n) is 5.12. The first kappa shape index (κ1) is 16.4. The van der Waals surface area contributed by atoms with Gasteiger partial charge in [0.1, 0.15) is 11.9 Å². The van der Waals surface area contributed by atoms with Gasteiger partial charge in [0.05, 0.1) is 12.9 Å². The number of ether oxygens (including phenoxy) is 1. The minimum Gasteiger partial charge on any atom is -0.469 e. The average Bonchev–Trinajstić information content (AvgIpc) is 3.34. The molecule has 0 bridgehead atoms. The quantitative estimate of drug-likeness (QED) is 0.858. The van der Waals surface area contributed by atoms with E-state index >= 15 is 0 Å². The van der Waals surface area contributed by atoms with Crippen LogP contribution in [0.15, 0.2) is 53.1 Å². The van der Waals surface area contributed by atoms with Crippen molar-refractivity contribution >= 4 is 5.91 Å². The lowest BCUT2D eigenvalue weighted by Gasteiger charge is -2.34. The first-order valence-electron chi connectivity index (χ1n) is 8.99. The SMILES string of the molecule is O=C([C@@H]1CN(Cc2ccccc2)CCO1)N1CC[C@@H](c2ccco2)C1. The molecule has 132 valence electrons. The lowest BCUT2D eigenvalue weighted by atomic mass is 10.1. The zero-order valence-corrected chi connectivity index (χ0v) is 14.3. The minimum atomic E-state index is -0.354. The van der Waals surface area contributed by atoms with E-state index in [0.29, 0.717) is 19.1 Å². The summed E-state index contributed by atoms with van der Waals surface area (Å²) in [7, 11) is 0. The first-order chi connectivity index (χ1) is 12.3. The van der Waals surface area contributed by atoms with Gasteiger partial charge in [-0.15, -0.1) is 0 Å². The summed E-state index contributed by atoms with van der Waals surface area (Å²) >= 11 is 0. The van der Waals surface area contributed by atoms with Gasteiger partial charge in [-0.3, -0.25) is 9.69 Å². The van der Waals surface area contributed by atoms with Crippen molar-refractivity contribution in [2.24, 2.45) is 0 Å².